The minimum absolute atomic E-state index is 0.135. The van der Waals surface area contributed by atoms with E-state index in [1.165, 1.54) is 12.1 Å². The molecule has 2 N–H and O–H groups in total. The predicted octanol–water partition coefficient (Wildman–Crippen LogP) is 2.70. The summed E-state index contributed by atoms with van der Waals surface area (Å²) >= 11 is 0. The van der Waals surface area contributed by atoms with Crippen molar-refractivity contribution in [1.29, 1.82) is 0 Å². The van der Waals surface area contributed by atoms with Gasteiger partial charge in [0, 0.05) is 6.07 Å². The fraction of sp³-hybridized carbons (Fsp3) is 0.286. The van der Waals surface area contributed by atoms with Crippen LogP contribution in [-0.2, 0) is 0 Å². The summed E-state index contributed by atoms with van der Waals surface area (Å²) < 4.78 is 13.5. The molecule has 19 heavy (non-hydrogen) atoms. The van der Waals surface area contributed by atoms with Crippen LogP contribution >= 0.6 is 0 Å². The van der Waals surface area contributed by atoms with Crippen LogP contribution in [0.5, 0.6) is 0 Å². The fourth-order valence-corrected chi connectivity index (χ4v) is 1.84. The third-order valence-corrected chi connectivity index (χ3v) is 2.92. The Bertz CT molecular complexity index is 651. The van der Waals surface area contributed by atoms with E-state index in [4.69, 9.17) is 0 Å². The van der Waals surface area contributed by atoms with Crippen LogP contribution in [0.3, 0.4) is 0 Å². The lowest BCUT2D eigenvalue weighted by atomic mass is 10.1. The third-order valence-electron chi connectivity index (χ3n) is 2.92. The predicted molar refractivity (Wildman–Crippen MR) is 72.8 cm³/mol. The summed E-state index contributed by atoms with van der Waals surface area (Å²) in [6.07, 6.45) is 0. The highest BCUT2D eigenvalue weighted by atomic mass is 19.1. The SMILES string of the molecule is Cc1nc(NC(C)c2ccc(C)c(F)c2)cc(=O)[nH]1. The van der Waals surface area contributed by atoms with Gasteiger partial charge in [-0.2, -0.15) is 0 Å². The molecule has 5 heteroatoms. The Labute approximate surface area is 110 Å². The van der Waals surface area contributed by atoms with Crippen molar-refractivity contribution >= 4 is 5.82 Å². The maximum Gasteiger partial charge on any atom is 0.252 e. The van der Waals surface area contributed by atoms with Gasteiger partial charge >= 0.3 is 0 Å². The zero-order valence-electron chi connectivity index (χ0n) is 11.1. The largest absolute Gasteiger partial charge is 0.363 e. The van der Waals surface area contributed by atoms with Gasteiger partial charge < -0.3 is 10.3 Å². The Morgan fingerprint density at radius 3 is 2.68 bits per heavy atom. The lowest BCUT2D eigenvalue weighted by Crippen LogP contribution is -2.14. The molecule has 1 aromatic carbocycles. The number of anilines is 1. The summed E-state index contributed by atoms with van der Waals surface area (Å²) in [6, 6.07) is 6.33. The molecule has 0 aliphatic rings. The van der Waals surface area contributed by atoms with Crippen LogP contribution in [0.2, 0.25) is 0 Å². The van der Waals surface area contributed by atoms with Crippen molar-refractivity contribution in [2.24, 2.45) is 0 Å². The lowest BCUT2D eigenvalue weighted by Gasteiger charge is -2.15. The summed E-state index contributed by atoms with van der Waals surface area (Å²) in [5, 5.41) is 3.09. The van der Waals surface area contributed by atoms with Gasteiger partial charge in [0.1, 0.15) is 17.5 Å². The van der Waals surface area contributed by atoms with Crippen molar-refractivity contribution in [2.45, 2.75) is 26.8 Å². The van der Waals surface area contributed by atoms with E-state index in [9.17, 15) is 9.18 Å². The minimum Gasteiger partial charge on any atom is -0.363 e. The van der Waals surface area contributed by atoms with E-state index in [2.05, 4.69) is 15.3 Å². The zero-order valence-corrected chi connectivity index (χ0v) is 11.1. The maximum absolute atomic E-state index is 13.5. The first-order valence-electron chi connectivity index (χ1n) is 6.06. The minimum atomic E-state index is -0.235. The molecule has 2 rings (SSSR count). The first kappa shape index (κ1) is 13.3. The number of nitrogens with one attached hydrogen (secondary N) is 2. The lowest BCUT2D eigenvalue weighted by molar-refractivity contribution is 0.614. The smallest absolute Gasteiger partial charge is 0.252 e. The van der Waals surface area contributed by atoms with Crippen molar-refractivity contribution in [2.75, 3.05) is 5.32 Å². The number of rotatable bonds is 3. The van der Waals surface area contributed by atoms with Crippen LogP contribution in [0.25, 0.3) is 0 Å². The molecule has 2 aromatic rings. The first-order chi connectivity index (χ1) is 8.95. The van der Waals surface area contributed by atoms with E-state index >= 15 is 0 Å². The second-order valence-corrected chi connectivity index (χ2v) is 4.59. The van der Waals surface area contributed by atoms with Gasteiger partial charge in [-0.15, -0.1) is 0 Å². The number of aryl methyl sites for hydroxylation is 2. The molecule has 0 bridgehead atoms. The molecule has 0 saturated heterocycles. The van der Waals surface area contributed by atoms with Crippen LogP contribution in [0.15, 0.2) is 29.1 Å². The highest BCUT2D eigenvalue weighted by Crippen LogP contribution is 2.19. The van der Waals surface area contributed by atoms with Gasteiger partial charge in [0.15, 0.2) is 0 Å². The van der Waals surface area contributed by atoms with E-state index in [0.29, 0.717) is 17.2 Å². The second kappa shape index (κ2) is 5.22. The molecule has 100 valence electrons. The van der Waals surface area contributed by atoms with E-state index in [1.54, 1.807) is 19.9 Å². The van der Waals surface area contributed by atoms with Gasteiger partial charge in [-0.3, -0.25) is 4.79 Å². The van der Waals surface area contributed by atoms with E-state index in [-0.39, 0.29) is 17.4 Å². The molecule has 1 unspecified atom stereocenters. The third kappa shape index (κ3) is 3.19. The summed E-state index contributed by atoms with van der Waals surface area (Å²) in [5.74, 6) is 0.785. The van der Waals surface area contributed by atoms with Gasteiger partial charge in [0.25, 0.3) is 5.56 Å². The van der Waals surface area contributed by atoms with E-state index in [0.717, 1.165) is 5.56 Å². The van der Waals surface area contributed by atoms with E-state index < -0.39 is 0 Å². The van der Waals surface area contributed by atoms with Gasteiger partial charge in [-0.05, 0) is 38.0 Å². The molecule has 0 radical (unpaired) electrons. The van der Waals surface area contributed by atoms with Crippen LogP contribution in [0.4, 0.5) is 10.2 Å². The molecular formula is C14H16FN3O. The monoisotopic (exact) mass is 261 g/mol. The molecule has 1 atom stereocenters. The summed E-state index contributed by atoms with van der Waals surface area (Å²) in [7, 11) is 0. The first-order valence-corrected chi connectivity index (χ1v) is 6.06. The number of hydrogen-bond donors (Lipinski definition) is 2. The molecule has 0 aliphatic carbocycles. The van der Waals surface area contributed by atoms with Crippen LogP contribution < -0.4 is 10.9 Å². The molecule has 1 heterocycles. The van der Waals surface area contributed by atoms with Crippen molar-refractivity contribution < 1.29 is 4.39 Å². The number of H-pyrrole nitrogens is 1. The number of hydrogen-bond acceptors (Lipinski definition) is 3. The maximum atomic E-state index is 13.5. The normalized spacial score (nSPS) is 12.2. The van der Waals surface area contributed by atoms with Crippen LogP contribution in [0, 0.1) is 19.7 Å². The average Bonchev–Trinajstić information content (AvgIpc) is 2.31. The Morgan fingerprint density at radius 1 is 1.32 bits per heavy atom. The molecular weight excluding hydrogens is 245 g/mol. The Kier molecular flexibility index (Phi) is 3.64. The molecule has 0 spiro atoms. The number of nitrogens with zero attached hydrogens (tertiary/aromatic N) is 1. The summed E-state index contributed by atoms with van der Waals surface area (Å²) in [4.78, 5) is 18.1. The molecule has 0 fully saturated rings. The average molecular weight is 261 g/mol. The summed E-state index contributed by atoms with van der Waals surface area (Å²) in [5.41, 5.74) is 1.21. The second-order valence-electron chi connectivity index (χ2n) is 4.59. The Balaban J connectivity index is 2.22. The van der Waals surface area contributed by atoms with Gasteiger partial charge in [0.2, 0.25) is 0 Å². The number of halogens is 1. The van der Waals surface area contributed by atoms with Gasteiger partial charge in [0.05, 0.1) is 6.04 Å². The number of benzene rings is 1. The fourth-order valence-electron chi connectivity index (χ4n) is 1.84. The van der Waals surface area contributed by atoms with Crippen LogP contribution in [0.1, 0.15) is 29.9 Å². The highest BCUT2D eigenvalue weighted by Gasteiger charge is 2.09. The summed E-state index contributed by atoms with van der Waals surface area (Å²) in [6.45, 7) is 5.32. The molecule has 1 aromatic heterocycles. The number of aromatic nitrogens is 2. The Hall–Kier alpha value is -2.17. The van der Waals surface area contributed by atoms with Crippen molar-refractivity contribution in [3.05, 3.63) is 57.4 Å². The topological polar surface area (TPSA) is 57.8 Å². The van der Waals surface area contributed by atoms with Crippen molar-refractivity contribution in [3.8, 4) is 0 Å². The van der Waals surface area contributed by atoms with Gasteiger partial charge in [-0.25, -0.2) is 9.37 Å². The molecule has 0 amide bonds. The van der Waals surface area contributed by atoms with E-state index in [1.807, 2.05) is 13.0 Å². The van der Waals surface area contributed by atoms with Gasteiger partial charge in [-0.1, -0.05) is 12.1 Å². The Morgan fingerprint density at radius 2 is 2.05 bits per heavy atom. The zero-order chi connectivity index (χ0) is 14.0. The number of aromatic amines is 1. The molecule has 0 aliphatic heterocycles. The quantitative estimate of drug-likeness (QED) is 0.893. The van der Waals surface area contributed by atoms with Crippen molar-refractivity contribution in [1.82, 2.24) is 9.97 Å². The highest BCUT2D eigenvalue weighted by molar-refractivity contribution is 5.38. The van der Waals surface area contributed by atoms with Crippen LogP contribution in [-0.4, -0.2) is 9.97 Å². The van der Waals surface area contributed by atoms with Crippen molar-refractivity contribution in [3.63, 3.8) is 0 Å². The molecule has 0 saturated carbocycles. The molecule has 4 nitrogen and oxygen atoms in total. The standard InChI is InChI=1S/C14H16FN3O/c1-8-4-5-11(6-12(8)15)9(2)16-13-7-14(19)18-10(3)17-13/h4-7,9H,1-3H3,(H2,16,17,18,19).